The van der Waals surface area contributed by atoms with Gasteiger partial charge in [-0.05, 0) is 31.0 Å². The van der Waals surface area contributed by atoms with Crippen molar-refractivity contribution in [2.75, 3.05) is 6.61 Å². The van der Waals surface area contributed by atoms with Crippen LogP contribution in [-0.4, -0.2) is 16.7 Å². The molecule has 0 saturated carbocycles. The molecule has 0 spiro atoms. The summed E-state index contributed by atoms with van der Waals surface area (Å²) in [6.07, 6.45) is 6.52. The van der Waals surface area contributed by atoms with Gasteiger partial charge in [0.05, 0.1) is 18.1 Å². The summed E-state index contributed by atoms with van der Waals surface area (Å²) in [5.74, 6) is 0.234. The lowest BCUT2D eigenvalue weighted by Gasteiger charge is -2.14. The van der Waals surface area contributed by atoms with Gasteiger partial charge >= 0.3 is 6.18 Å². The predicted molar refractivity (Wildman–Crippen MR) is 111 cm³/mol. The first kappa shape index (κ1) is 24.0. The van der Waals surface area contributed by atoms with Crippen LogP contribution in [0.1, 0.15) is 83.1 Å². The van der Waals surface area contributed by atoms with E-state index >= 15 is 0 Å². The van der Waals surface area contributed by atoms with Crippen LogP contribution in [0, 0.1) is 0 Å². The van der Waals surface area contributed by atoms with E-state index < -0.39 is 11.7 Å². The van der Waals surface area contributed by atoms with Crippen LogP contribution >= 0.6 is 0 Å². The Morgan fingerprint density at radius 2 is 1.83 bits per heavy atom. The number of alkyl halides is 3. The second-order valence-corrected chi connectivity index (χ2v) is 7.41. The average molecular weight is 425 g/mol. The molecule has 166 valence electrons. The Morgan fingerprint density at radius 3 is 2.53 bits per heavy atom. The van der Waals surface area contributed by atoms with Crippen molar-refractivity contribution in [3.63, 3.8) is 0 Å². The van der Waals surface area contributed by atoms with Gasteiger partial charge in [-0.25, -0.2) is 0 Å². The van der Waals surface area contributed by atoms with E-state index in [0.29, 0.717) is 5.89 Å². The van der Waals surface area contributed by atoms with Crippen molar-refractivity contribution in [2.45, 2.75) is 77.8 Å². The molecule has 2 rings (SSSR count). The summed E-state index contributed by atoms with van der Waals surface area (Å²) in [4.78, 5) is 4.26. The third-order valence-corrected chi connectivity index (χ3v) is 4.79. The van der Waals surface area contributed by atoms with Crippen molar-refractivity contribution in [1.82, 2.24) is 10.1 Å². The summed E-state index contributed by atoms with van der Waals surface area (Å²) in [6, 6.07) is 3.90. The third kappa shape index (κ3) is 7.18. The number of unbranched alkanes of at least 4 members (excludes halogenated alkanes) is 5. The van der Waals surface area contributed by atoms with Crippen LogP contribution in [-0.2, 0) is 6.18 Å². The SMILES string of the molecule is CC/C=C\[C@H](C)c1nc(-c2ccc(OCCCCCCCC)c(C(F)(F)F)c2)no1. The summed E-state index contributed by atoms with van der Waals surface area (Å²) in [7, 11) is 0. The Morgan fingerprint density at radius 1 is 1.10 bits per heavy atom. The quantitative estimate of drug-likeness (QED) is 0.260. The number of hydrogen-bond acceptors (Lipinski definition) is 4. The van der Waals surface area contributed by atoms with E-state index in [4.69, 9.17) is 9.26 Å². The van der Waals surface area contributed by atoms with Crippen LogP contribution in [0.2, 0.25) is 0 Å². The molecule has 1 aromatic heterocycles. The predicted octanol–water partition coefficient (Wildman–Crippen LogP) is 7.56. The Hall–Kier alpha value is -2.31. The molecule has 0 aliphatic heterocycles. The summed E-state index contributed by atoms with van der Waals surface area (Å²) in [5.41, 5.74) is -0.577. The highest BCUT2D eigenvalue weighted by Crippen LogP contribution is 2.38. The lowest BCUT2D eigenvalue weighted by molar-refractivity contribution is -0.138. The molecule has 0 aliphatic rings. The van der Waals surface area contributed by atoms with Crippen LogP contribution in [0.25, 0.3) is 11.4 Å². The Labute approximate surface area is 176 Å². The van der Waals surface area contributed by atoms with Gasteiger partial charge < -0.3 is 9.26 Å². The number of hydrogen-bond donors (Lipinski definition) is 0. The molecule has 0 unspecified atom stereocenters. The third-order valence-electron chi connectivity index (χ3n) is 4.79. The fraction of sp³-hybridized carbons (Fsp3) is 0.565. The Kier molecular flexibility index (Phi) is 9.40. The number of allylic oxidation sites excluding steroid dienone is 2. The maximum atomic E-state index is 13.6. The van der Waals surface area contributed by atoms with Gasteiger partial charge in [-0.2, -0.15) is 18.2 Å². The summed E-state index contributed by atoms with van der Waals surface area (Å²) < 4.78 is 51.4. The van der Waals surface area contributed by atoms with Crippen LogP contribution in [0.5, 0.6) is 5.75 Å². The normalized spacial score (nSPS) is 13.1. The Bertz CT molecular complexity index is 800. The highest BCUT2D eigenvalue weighted by Gasteiger charge is 2.35. The molecule has 1 aromatic carbocycles. The number of ether oxygens (including phenoxy) is 1. The van der Waals surface area contributed by atoms with Gasteiger partial charge in [0.25, 0.3) is 0 Å². The van der Waals surface area contributed by atoms with Crippen molar-refractivity contribution in [1.29, 1.82) is 0 Å². The Balaban J connectivity index is 2.09. The molecule has 0 saturated heterocycles. The van der Waals surface area contributed by atoms with Crippen LogP contribution in [0.3, 0.4) is 0 Å². The zero-order valence-corrected chi connectivity index (χ0v) is 18.0. The lowest BCUT2D eigenvalue weighted by Crippen LogP contribution is -2.10. The van der Waals surface area contributed by atoms with Gasteiger partial charge in [0.1, 0.15) is 5.75 Å². The molecule has 0 N–H and O–H groups in total. The number of nitrogens with zero attached hydrogens (tertiary/aromatic N) is 2. The highest BCUT2D eigenvalue weighted by atomic mass is 19.4. The second-order valence-electron chi connectivity index (χ2n) is 7.41. The van der Waals surface area contributed by atoms with Crippen LogP contribution in [0.4, 0.5) is 13.2 Å². The molecule has 0 aliphatic carbocycles. The van der Waals surface area contributed by atoms with Gasteiger partial charge in [-0.15, -0.1) is 0 Å². The van der Waals surface area contributed by atoms with E-state index in [-0.39, 0.29) is 29.7 Å². The first-order chi connectivity index (χ1) is 14.4. The maximum absolute atomic E-state index is 13.6. The van der Waals surface area contributed by atoms with E-state index in [1.165, 1.54) is 18.6 Å². The number of aromatic nitrogens is 2. The van der Waals surface area contributed by atoms with Gasteiger partial charge in [0.2, 0.25) is 11.7 Å². The average Bonchev–Trinajstić information content (AvgIpc) is 3.21. The first-order valence-electron chi connectivity index (χ1n) is 10.7. The summed E-state index contributed by atoms with van der Waals surface area (Å²) >= 11 is 0. The van der Waals surface area contributed by atoms with Gasteiger partial charge in [0, 0.05) is 5.56 Å². The van der Waals surface area contributed by atoms with E-state index in [9.17, 15) is 13.2 Å². The van der Waals surface area contributed by atoms with Crippen molar-refractivity contribution >= 4 is 0 Å². The topological polar surface area (TPSA) is 48.2 Å². The van der Waals surface area contributed by atoms with Gasteiger partial charge in [0.15, 0.2) is 0 Å². The number of benzene rings is 1. The lowest BCUT2D eigenvalue weighted by atomic mass is 10.1. The first-order valence-corrected chi connectivity index (χ1v) is 10.7. The van der Waals surface area contributed by atoms with Crippen molar-refractivity contribution in [2.24, 2.45) is 0 Å². The minimum Gasteiger partial charge on any atom is -0.493 e. The monoisotopic (exact) mass is 424 g/mol. The minimum absolute atomic E-state index is 0.104. The summed E-state index contributed by atoms with van der Waals surface area (Å²) in [6.45, 7) is 6.31. The maximum Gasteiger partial charge on any atom is 0.419 e. The molecule has 2 aromatic rings. The van der Waals surface area contributed by atoms with Crippen molar-refractivity contribution in [3.05, 3.63) is 41.8 Å². The smallest absolute Gasteiger partial charge is 0.419 e. The molecule has 0 amide bonds. The molecule has 7 heteroatoms. The van der Waals surface area contributed by atoms with Crippen molar-refractivity contribution < 1.29 is 22.4 Å². The zero-order chi connectivity index (χ0) is 22.0. The molecule has 0 radical (unpaired) electrons. The standard InChI is InChI=1S/C23H31F3N2O2/c1-4-6-8-9-10-11-15-29-20-14-13-18(16-19(20)23(24,25)26)21-27-22(30-28-21)17(3)12-7-5-2/h7,12-14,16-17H,4-6,8-11,15H2,1-3H3/b12-7-/t17-/m0/s1. The fourth-order valence-corrected chi connectivity index (χ4v) is 3.04. The zero-order valence-electron chi connectivity index (χ0n) is 18.0. The molecular weight excluding hydrogens is 393 g/mol. The minimum atomic E-state index is -4.53. The van der Waals surface area contributed by atoms with Crippen LogP contribution < -0.4 is 4.74 Å². The number of halogens is 3. The molecule has 1 atom stereocenters. The second kappa shape index (κ2) is 11.8. The molecule has 0 fully saturated rings. The van der Waals surface area contributed by atoms with E-state index in [1.54, 1.807) is 0 Å². The largest absolute Gasteiger partial charge is 0.493 e. The van der Waals surface area contributed by atoms with Crippen molar-refractivity contribution in [3.8, 4) is 17.1 Å². The number of rotatable bonds is 12. The molecule has 4 nitrogen and oxygen atoms in total. The highest BCUT2D eigenvalue weighted by molar-refractivity contribution is 5.59. The van der Waals surface area contributed by atoms with E-state index in [0.717, 1.165) is 44.6 Å². The van der Waals surface area contributed by atoms with Crippen LogP contribution in [0.15, 0.2) is 34.9 Å². The molecular formula is C23H31F3N2O2. The van der Waals surface area contributed by atoms with E-state index in [1.807, 2.05) is 26.0 Å². The van der Waals surface area contributed by atoms with Gasteiger partial charge in [-0.1, -0.05) is 70.2 Å². The van der Waals surface area contributed by atoms with Gasteiger partial charge in [-0.3, -0.25) is 0 Å². The molecule has 30 heavy (non-hydrogen) atoms. The van der Waals surface area contributed by atoms with E-state index in [2.05, 4.69) is 17.1 Å². The fourth-order valence-electron chi connectivity index (χ4n) is 3.04. The summed E-state index contributed by atoms with van der Waals surface area (Å²) in [5, 5.41) is 3.85. The molecule has 1 heterocycles. The molecule has 0 bridgehead atoms.